The molecule has 3 heterocycles. The molecule has 0 atom stereocenters. The quantitative estimate of drug-likeness (QED) is 0.229. The van der Waals surface area contributed by atoms with Gasteiger partial charge in [-0.15, -0.1) is 10.2 Å². The number of benzene rings is 3. The molecular weight excluding hydrogens is 556 g/mol. The van der Waals surface area contributed by atoms with Crippen LogP contribution >= 0.6 is 0 Å². The lowest BCUT2D eigenvalue weighted by Gasteiger charge is -2.07. The Morgan fingerprint density at radius 2 is 0.932 bits per heavy atom. The Labute approximate surface area is 250 Å². The van der Waals surface area contributed by atoms with Gasteiger partial charge >= 0.3 is 0 Å². The highest BCUT2D eigenvalue weighted by molar-refractivity contribution is 5.82. The fourth-order valence-electron chi connectivity index (χ4n) is 5.07. The van der Waals surface area contributed by atoms with E-state index >= 15 is 0 Å². The van der Waals surface area contributed by atoms with Gasteiger partial charge in [0, 0.05) is 36.3 Å². The smallest absolute Gasteiger partial charge is 0.280 e. The van der Waals surface area contributed by atoms with Crippen molar-refractivity contribution in [3.05, 3.63) is 139 Å². The largest absolute Gasteiger partial charge is 0.285 e. The molecule has 0 radical (unpaired) electrons. The monoisotopic (exact) mass is 586 g/mol. The molecule has 44 heavy (non-hydrogen) atoms. The van der Waals surface area contributed by atoms with Crippen molar-refractivity contribution >= 4 is 23.2 Å². The first-order chi connectivity index (χ1) is 21.4. The number of H-pyrrole nitrogens is 2. The lowest BCUT2D eigenvalue weighted by atomic mass is 10.2. The van der Waals surface area contributed by atoms with Gasteiger partial charge < -0.3 is 0 Å². The molecule has 0 saturated carbocycles. The summed E-state index contributed by atoms with van der Waals surface area (Å²) in [6, 6.07) is 26.4. The maximum atomic E-state index is 13.2. The summed E-state index contributed by atoms with van der Waals surface area (Å²) in [5.74, 6) is 0. The van der Waals surface area contributed by atoms with Gasteiger partial charge in [-0.2, -0.15) is 10.2 Å². The topological polar surface area (TPSA) is 135 Å². The molecule has 3 aromatic carbocycles. The average molecular weight is 587 g/mol. The molecule has 0 aliphatic heterocycles. The van der Waals surface area contributed by atoms with Crippen molar-refractivity contribution in [1.82, 2.24) is 28.9 Å². The van der Waals surface area contributed by atoms with Gasteiger partial charge in [0.2, 0.25) is 0 Å². The van der Waals surface area contributed by atoms with Gasteiger partial charge in [0.1, 0.15) is 0 Å². The van der Waals surface area contributed by atoms with E-state index in [0.29, 0.717) is 22.1 Å². The van der Waals surface area contributed by atoms with Crippen LogP contribution in [-0.4, -0.2) is 41.4 Å². The van der Waals surface area contributed by atoms with Crippen LogP contribution in [0.1, 0.15) is 22.5 Å². The number of aromatic nitrogens is 6. The first kappa shape index (κ1) is 28.1. The molecule has 0 spiro atoms. The molecule has 12 nitrogen and oxygen atoms in total. The summed E-state index contributed by atoms with van der Waals surface area (Å²) in [6.45, 7) is 3.73. The summed E-state index contributed by atoms with van der Waals surface area (Å²) in [5.41, 5.74) is 4.44. The third-order valence-corrected chi connectivity index (χ3v) is 7.62. The van der Waals surface area contributed by atoms with E-state index in [9.17, 15) is 9.59 Å². The lowest BCUT2D eigenvalue weighted by Crippen LogP contribution is -2.21. The normalized spacial score (nSPS) is 12.8. The van der Waals surface area contributed by atoms with Crippen LogP contribution in [0.2, 0.25) is 0 Å². The molecule has 0 bridgehead atoms. The zero-order valence-electron chi connectivity index (χ0n) is 24.6. The molecule has 0 aliphatic rings. The number of nitrogens with one attached hydrogen (secondary N) is 2. The van der Waals surface area contributed by atoms with Crippen molar-refractivity contribution in [2.24, 2.45) is 34.5 Å². The molecule has 0 unspecified atom stereocenters. The van der Waals surface area contributed by atoms with E-state index < -0.39 is 0 Å². The summed E-state index contributed by atoms with van der Waals surface area (Å²) >= 11 is 0. The summed E-state index contributed by atoms with van der Waals surface area (Å²) in [5, 5.41) is 24.7. The SMILES string of the molecule is Cc1c(/C=N\N=c2/[nH][nH]/c(=N/N=C\c3c(C)n(C)n(-c4ccccc4)c3=O)c3ccccc23)c(=O)n(-c2ccccc2)n1C. The highest BCUT2D eigenvalue weighted by Crippen LogP contribution is 2.10. The molecule has 220 valence electrons. The number of hydrogen-bond donors (Lipinski definition) is 2. The second-order valence-corrected chi connectivity index (χ2v) is 10.1. The van der Waals surface area contributed by atoms with Gasteiger partial charge in [0.25, 0.3) is 11.1 Å². The van der Waals surface area contributed by atoms with E-state index in [0.717, 1.165) is 33.5 Å². The van der Waals surface area contributed by atoms with Gasteiger partial charge in [-0.1, -0.05) is 60.7 Å². The molecule has 3 aromatic heterocycles. The van der Waals surface area contributed by atoms with Crippen molar-refractivity contribution in [2.45, 2.75) is 13.8 Å². The van der Waals surface area contributed by atoms with Gasteiger partial charge in [-0.25, -0.2) is 9.36 Å². The zero-order chi connectivity index (χ0) is 30.8. The molecule has 0 fully saturated rings. The highest BCUT2D eigenvalue weighted by atomic mass is 16.1. The van der Waals surface area contributed by atoms with Crippen molar-refractivity contribution in [2.75, 3.05) is 0 Å². The molecule has 12 heteroatoms. The van der Waals surface area contributed by atoms with Crippen molar-refractivity contribution in [1.29, 1.82) is 0 Å². The zero-order valence-corrected chi connectivity index (χ0v) is 24.6. The van der Waals surface area contributed by atoms with Gasteiger partial charge in [-0.3, -0.25) is 29.2 Å². The minimum absolute atomic E-state index is 0.188. The fraction of sp³-hybridized carbons (Fsp3) is 0.125. The van der Waals surface area contributed by atoms with E-state index in [1.165, 1.54) is 12.4 Å². The van der Waals surface area contributed by atoms with Crippen LogP contribution in [0, 0.1) is 13.8 Å². The molecule has 0 saturated heterocycles. The van der Waals surface area contributed by atoms with E-state index in [2.05, 4.69) is 30.6 Å². The fourth-order valence-corrected chi connectivity index (χ4v) is 5.07. The summed E-state index contributed by atoms with van der Waals surface area (Å²) in [4.78, 5) is 26.4. The predicted octanol–water partition coefficient (Wildman–Crippen LogP) is 2.96. The summed E-state index contributed by atoms with van der Waals surface area (Å²) < 4.78 is 6.77. The Morgan fingerprint density at radius 1 is 0.568 bits per heavy atom. The molecule has 6 rings (SSSR count). The maximum absolute atomic E-state index is 13.2. The Kier molecular flexibility index (Phi) is 7.46. The van der Waals surface area contributed by atoms with E-state index in [1.54, 1.807) is 18.7 Å². The Balaban J connectivity index is 1.35. The second-order valence-electron chi connectivity index (χ2n) is 10.1. The van der Waals surface area contributed by atoms with Crippen LogP contribution in [0.5, 0.6) is 0 Å². The minimum Gasteiger partial charge on any atom is -0.285 e. The van der Waals surface area contributed by atoms with Crippen molar-refractivity contribution in [3.8, 4) is 11.4 Å². The lowest BCUT2D eigenvalue weighted by molar-refractivity contribution is 0.630. The predicted molar refractivity (Wildman–Crippen MR) is 170 cm³/mol. The van der Waals surface area contributed by atoms with Crippen LogP contribution in [0.15, 0.2) is 115 Å². The van der Waals surface area contributed by atoms with Crippen LogP contribution in [0.25, 0.3) is 22.1 Å². The third-order valence-electron chi connectivity index (χ3n) is 7.62. The van der Waals surface area contributed by atoms with Crippen molar-refractivity contribution in [3.63, 3.8) is 0 Å². The number of hydrogen-bond acceptors (Lipinski definition) is 6. The molecule has 6 aromatic rings. The Morgan fingerprint density at radius 3 is 1.32 bits per heavy atom. The van der Waals surface area contributed by atoms with Crippen LogP contribution < -0.4 is 22.1 Å². The number of nitrogens with zero attached hydrogens (tertiary/aromatic N) is 8. The standard InChI is InChI=1S/C32H30N10O2/c1-21-27(31(43)41(39(21)3)23-13-7-5-8-14-23)19-33-35-29-25-17-11-12-18-26(25)30(38-37-29)36-34-20-28-22(2)40(4)42(32(28)44)24-15-9-6-10-16-24/h5-20H,1-4H3,(H,35,37)(H,36,38)/b33-19-,34-20-. The van der Waals surface area contributed by atoms with Crippen molar-refractivity contribution < 1.29 is 0 Å². The average Bonchev–Trinajstić information content (AvgIpc) is 3.40. The molecular formula is C32H30N10O2. The van der Waals surface area contributed by atoms with Gasteiger partial charge in [0.05, 0.1) is 34.9 Å². The van der Waals surface area contributed by atoms with E-state index in [4.69, 9.17) is 0 Å². The second kappa shape index (κ2) is 11.7. The molecule has 0 aliphatic carbocycles. The minimum atomic E-state index is -0.188. The first-order valence-electron chi connectivity index (χ1n) is 13.9. The maximum Gasteiger partial charge on any atom is 0.280 e. The number of rotatable bonds is 6. The Hall–Kier alpha value is -6.04. The van der Waals surface area contributed by atoms with Crippen LogP contribution in [0.3, 0.4) is 0 Å². The number of fused-ring (bicyclic) bond motifs is 1. The summed E-state index contributed by atoms with van der Waals surface area (Å²) in [6.07, 6.45) is 2.93. The van der Waals surface area contributed by atoms with Gasteiger partial charge in [0.15, 0.2) is 11.0 Å². The molecule has 2 N–H and O–H groups in total. The van der Waals surface area contributed by atoms with Gasteiger partial charge in [-0.05, 0) is 38.1 Å². The van der Waals surface area contributed by atoms with E-state index in [-0.39, 0.29) is 11.1 Å². The number of para-hydroxylation sites is 2. The Bertz CT molecular complexity index is 2140. The third kappa shape index (κ3) is 4.98. The van der Waals surface area contributed by atoms with E-state index in [1.807, 2.05) is 113 Å². The summed E-state index contributed by atoms with van der Waals surface area (Å²) in [7, 11) is 3.66. The molecule has 0 amide bonds. The highest BCUT2D eigenvalue weighted by Gasteiger charge is 2.15. The first-order valence-corrected chi connectivity index (χ1v) is 13.9. The van der Waals surface area contributed by atoms with Crippen LogP contribution in [0.4, 0.5) is 0 Å². The number of aromatic amines is 2. The van der Waals surface area contributed by atoms with Crippen LogP contribution in [-0.2, 0) is 14.1 Å².